The van der Waals surface area contributed by atoms with Crippen LogP contribution in [0.3, 0.4) is 0 Å². The van der Waals surface area contributed by atoms with Crippen molar-refractivity contribution in [2.24, 2.45) is 5.92 Å². The quantitative estimate of drug-likeness (QED) is 0.791. The number of amides is 2. The van der Waals surface area contributed by atoms with Crippen molar-refractivity contribution in [2.45, 2.75) is 52.0 Å². The van der Waals surface area contributed by atoms with Crippen molar-refractivity contribution < 1.29 is 14.7 Å². The molecule has 1 atom stereocenters. The van der Waals surface area contributed by atoms with E-state index >= 15 is 0 Å². The van der Waals surface area contributed by atoms with Crippen molar-refractivity contribution in [2.75, 3.05) is 13.1 Å². The van der Waals surface area contributed by atoms with Gasteiger partial charge in [0.1, 0.15) is 5.54 Å². The zero-order valence-corrected chi connectivity index (χ0v) is 11.5. The van der Waals surface area contributed by atoms with Gasteiger partial charge in [-0.1, -0.05) is 27.2 Å². The van der Waals surface area contributed by atoms with Gasteiger partial charge in [-0.3, -0.25) is 0 Å². The maximum atomic E-state index is 12.1. The van der Waals surface area contributed by atoms with E-state index in [1.807, 2.05) is 0 Å². The lowest BCUT2D eigenvalue weighted by molar-refractivity contribution is -0.144. The summed E-state index contributed by atoms with van der Waals surface area (Å²) in [7, 11) is 0. The van der Waals surface area contributed by atoms with Crippen LogP contribution in [0.15, 0.2) is 0 Å². The Labute approximate surface area is 109 Å². The lowest BCUT2D eigenvalue weighted by Crippen LogP contribution is -2.57. The van der Waals surface area contributed by atoms with E-state index < -0.39 is 11.5 Å². The van der Waals surface area contributed by atoms with E-state index in [0.29, 0.717) is 18.8 Å². The van der Waals surface area contributed by atoms with Crippen LogP contribution >= 0.6 is 0 Å². The number of carbonyl (C=O) groups excluding carboxylic acids is 1. The van der Waals surface area contributed by atoms with E-state index in [4.69, 9.17) is 0 Å². The van der Waals surface area contributed by atoms with Crippen LogP contribution in [0, 0.1) is 5.92 Å². The molecule has 2 N–H and O–H groups in total. The topological polar surface area (TPSA) is 69.6 Å². The molecule has 1 fully saturated rings. The summed E-state index contributed by atoms with van der Waals surface area (Å²) in [6.45, 7) is 7.16. The number of carboxylic acids is 1. The molecule has 0 spiro atoms. The zero-order chi connectivity index (χ0) is 13.8. The molecule has 0 bridgehead atoms. The van der Waals surface area contributed by atoms with Gasteiger partial charge >= 0.3 is 12.0 Å². The van der Waals surface area contributed by atoms with E-state index in [2.05, 4.69) is 12.2 Å². The van der Waals surface area contributed by atoms with E-state index in [-0.39, 0.29) is 6.03 Å². The SMILES string of the molecule is CCC1CCN(C(=O)NC(CC)(CC)C(=O)O)C1. The first-order chi connectivity index (χ1) is 8.49. The fraction of sp³-hybridized carbons (Fsp3) is 0.846. The summed E-state index contributed by atoms with van der Waals surface area (Å²) in [5.41, 5.74) is -1.12. The molecule has 1 rings (SSSR count). The van der Waals surface area contributed by atoms with Crippen molar-refractivity contribution in [1.82, 2.24) is 10.2 Å². The highest BCUT2D eigenvalue weighted by atomic mass is 16.4. The summed E-state index contributed by atoms with van der Waals surface area (Å²) >= 11 is 0. The first-order valence-corrected chi connectivity index (χ1v) is 6.79. The first kappa shape index (κ1) is 14.8. The molecule has 5 heteroatoms. The Balaban J connectivity index is 2.65. The van der Waals surface area contributed by atoms with E-state index in [1.165, 1.54) is 0 Å². The smallest absolute Gasteiger partial charge is 0.329 e. The Morgan fingerprint density at radius 3 is 2.33 bits per heavy atom. The Morgan fingerprint density at radius 2 is 1.94 bits per heavy atom. The minimum absolute atomic E-state index is 0.239. The van der Waals surface area contributed by atoms with Gasteiger partial charge < -0.3 is 15.3 Å². The highest BCUT2D eigenvalue weighted by Crippen LogP contribution is 2.21. The van der Waals surface area contributed by atoms with Crippen LogP contribution in [0.2, 0.25) is 0 Å². The molecule has 1 unspecified atom stereocenters. The van der Waals surface area contributed by atoms with Crippen molar-refractivity contribution in [1.29, 1.82) is 0 Å². The van der Waals surface area contributed by atoms with Gasteiger partial charge in [0.05, 0.1) is 0 Å². The second-order valence-corrected chi connectivity index (χ2v) is 5.03. The van der Waals surface area contributed by atoms with Crippen molar-refractivity contribution in [3.05, 3.63) is 0 Å². The Bertz CT molecular complexity index is 313. The average molecular weight is 256 g/mol. The Kier molecular flexibility index (Phi) is 4.99. The molecule has 18 heavy (non-hydrogen) atoms. The predicted molar refractivity (Wildman–Crippen MR) is 69.5 cm³/mol. The third-order valence-electron chi connectivity index (χ3n) is 4.11. The lowest BCUT2D eigenvalue weighted by Gasteiger charge is -2.30. The number of carboxylic acid groups (broad SMARTS) is 1. The normalized spacial score (nSPS) is 19.9. The summed E-state index contributed by atoms with van der Waals surface area (Å²) in [5, 5.41) is 12.0. The highest BCUT2D eigenvalue weighted by molar-refractivity contribution is 5.86. The van der Waals surface area contributed by atoms with Crippen LogP contribution in [0.4, 0.5) is 4.79 Å². The van der Waals surface area contributed by atoms with Crippen LogP contribution in [-0.4, -0.2) is 40.6 Å². The summed E-state index contributed by atoms with van der Waals surface area (Å²) in [6, 6.07) is -0.239. The van der Waals surface area contributed by atoms with Crippen molar-refractivity contribution in [3.8, 4) is 0 Å². The second-order valence-electron chi connectivity index (χ2n) is 5.03. The molecule has 0 aliphatic carbocycles. The number of hydrogen-bond donors (Lipinski definition) is 2. The lowest BCUT2D eigenvalue weighted by atomic mass is 9.93. The van der Waals surface area contributed by atoms with Crippen molar-refractivity contribution in [3.63, 3.8) is 0 Å². The number of urea groups is 1. The van der Waals surface area contributed by atoms with E-state index in [1.54, 1.807) is 18.7 Å². The van der Waals surface area contributed by atoms with Gasteiger partial charge in [0, 0.05) is 13.1 Å². The summed E-state index contributed by atoms with van der Waals surface area (Å²) in [5.74, 6) is -0.398. The van der Waals surface area contributed by atoms with E-state index in [9.17, 15) is 14.7 Å². The zero-order valence-electron chi connectivity index (χ0n) is 11.5. The van der Waals surface area contributed by atoms with Gasteiger partial charge in [-0.2, -0.15) is 0 Å². The van der Waals surface area contributed by atoms with E-state index in [0.717, 1.165) is 25.9 Å². The van der Waals surface area contributed by atoms with Gasteiger partial charge in [-0.05, 0) is 25.2 Å². The number of carbonyl (C=O) groups is 2. The molecular formula is C13H24N2O3. The molecule has 1 saturated heterocycles. The highest BCUT2D eigenvalue weighted by Gasteiger charge is 2.38. The number of likely N-dealkylation sites (tertiary alicyclic amines) is 1. The minimum Gasteiger partial charge on any atom is -0.480 e. The Hall–Kier alpha value is -1.26. The number of nitrogens with one attached hydrogen (secondary N) is 1. The van der Waals surface area contributed by atoms with Crippen LogP contribution in [0.25, 0.3) is 0 Å². The molecule has 104 valence electrons. The molecule has 0 radical (unpaired) electrons. The minimum atomic E-state index is -1.12. The van der Waals surface area contributed by atoms with Gasteiger partial charge in [0.2, 0.25) is 0 Å². The maximum Gasteiger partial charge on any atom is 0.329 e. The standard InChI is InChI=1S/C13H24N2O3/c1-4-10-7-8-15(9-10)12(18)14-13(5-2,6-3)11(16)17/h10H,4-9H2,1-3H3,(H,14,18)(H,16,17). The molecule has 1 aliphatic rings. The molecule has 0 aromatic carbocycles. The molecule has 0 saturated carbocycles. The summed E-state index contributed by atoms with van der Waals surface area (Å²) < 4.78 is 0. The third kappa shape index (κ3) is 2.94. The molecule has 0 aromatic rings. The molecule has 0 aromatic heterocycles. The number of hydrogen-bond acceptors (Lipinski definition) is 2. The van der Waals surface area contributed by atoms with Crippen LogP contribution in [0.5, 0.6) is 0 Å². The maximum absolute atomic E-state index is 12.1. The largest absolute Gasteiger partial charge is 0.480 e. The molecule has 1 aliphatic heterocycles. The van der Waals surface area contributed by atoms with Gasteiger partial charge in [-0.25, -0.2) is 9.59 Å². The van der Waals surface area contributed by atoms with Crippen molar-refractivity contribution >= 4 is 12.0 Å². The average Bonchev–Trinajstić information content (AvgIpc) is 2.84. The van der Waals surface area contributed by atoms with Gasteiger partial charge in [0.25, 0.3) is 0 Å². The van der Waals surface area contributed by atoms with Crippen LogP contribution in [-0.2, 0) is 4.79 Å². The first-order valence-electron chi connectivity index (χ1n) is 6.79. The fourth-order valence-electron chi connectivity index (χ4n) is 2.42. The second kappa shape index (κ2) is 6.07. The fourth-order valence-corrected chi connectivity index (χ4v) is 2.42. The van der Waals surface area contributed by atoms with Crippen LogP contribution < -0.4 is 5.32 Å². The van der Waals surface area contributed by atoms with Crippen LogP contribution in [0.1, 0.15) is 46.5 Å². The monoisotopic (exact) mass is 256 g/mol. The molecule has 1 heterocycles. The van der Waals surface area contributed by atoms with Gasteiger partial charge in [-0.15, -0.1) is 0 Å². The molecule has 5 nitrogen and oxygen atoms in total. The number of nitrogens with zero attached hydrogens (tertiary/aromatic N) is 1. The third-order valence-corrected chi connectivity index (χ3v) is 4.11. The van der Waals surface area contributed by atoms with Gasteiger partial charge in [0.15, 0.2) is 0 Å². The number of aliphatic carboxylic acids is 1. The number of rotatable bonds is 5. The molecule has 2 amide bonds. The summed E-state index contributed by atoms with van der Waals surface area (Å²) in [6.07, 6.45) is 2.88. The summed E-state index contributed by atoms with van der Waals surface area (Å²) in [4.78, 5) is 25.2. The molecular weight excluding hydrogens is 232 g/mol. The Morgan fingerprint density at radius 1 is 1.33 bits per heavy atom. The predicted octanol–water partition coefficient (Wildman–Crippen LogP) is 2.07.